The molecular formula is C18H18BrN5O3S. The topological polar surface area (TPSA) is 117 Å². The van der Waals surface area contributed by atoms with Crippen LogP contribution >= 0.6 is 15.9 Å². The zero-order chi connectivity index (χ0) is 20.3. The van der Waals surface area contributed by atoms with Crippen molar-refractivity contribution in [2.75, 3.05) is 11.0 Å². The average Bonchev–Trinajstić information content (AvgIpc) is 3.08. The summed E-state index contributed by atoms with van der Waals surface area (Å²) in [5, 5.41) is 2.78. The number of pyridine rings is 1. The molecule has 1 aromatic carbocycles. The van der Waals surface area contributed by atoms with E-state index >= 15 is 0 Å². The molecular weight excluding hydrogens is 446 g/mol. The summed E-state index contributed by atoms with van der Waals surface area (Å²) in [7, 11) is -3.39. The Morgan fingerprint density at radius 2 is 2.04 bits per heavy atom. The molecule has 0 atom stereocenters. The first kappa shape index (κ1) is 20.0. The van der Waals surface area contributed by atoms with Gasteiger partial charge in [-0.25, -0.2) is 13.4 Å². The molecule has 0 bridgehead atoms. The normalized spacial score (nSPS) is 11.2. The first-order valence-electron chi connectivity index (χ1n) is 8.24. The number of carbonyl (C=O) groups excluding carboxylic acids is 1. The third-order valence-electron chi connectivity index (χ3n) is 3.77. The van der Waals surface area contributed by atoms with Crippen LogP contribution in [0.25, 0.3) is 11.5 Å². The van der Waals surface area contributed by atoms with Gasteiger partial charge in [-0.1, -0.05) is 22.0 Å². The lowest BCUT2D eigenvalue weighted by Gasteiger charge is -2.09. The second-order valence-electron chi connectivity index (χ2n) is 6.22. The van der Waals surface area contributed by atoms with Gasteiger partial charge in [-0.15, -0.1) is 0 Å². The fourth-order valence-electron chi connectivity index (χ4n) is 2.59. The van der Waals surface area contributed by atoms with E-state index in [4.69, 9.17) is 0 Å². The minimum absolute atomic E-state index is 0.216. The molecule has 0 fully saturated rings. The molecule has 0 saturated carbocycles. The predicted molar refractivity (Wildman–Crippen MR) is 110 cm³/mol. The largest absolute Gasteiger partial charge is 0.347 e. The number of halogens is 1. The summed E-state index contributed by atoms with van der Waals surface area (Å²) in [6, 6.07) is 8.84. The van der Waals surface area contributed by atoms with E-state index in [0.29, 0.717) is 27.4 Å². The molecule has 3 N–H and O–H groups in total. The Morgan fingerprint density at radius 3 is 2.75 bits per heavy atom. The maximum Gasteiger partial charge on any atom is 0.269 e. The number of aromatic amines is 1. The summed E-state index contributed by atoms with van der Waals surface area (Å²) in [4.78, 5) is 23.9. The van der Waals surface area contributed by atoms with Gasteiger partial charge in [-0.2, -0.15) is 0 Å². The van der Waals surface area contributed by atoms with Gasteiger partial charge in [0.15, 0.2) is 5.82 Å². The molecule has 2 aromatic heterocycles. The summed E-state index contributed by atoms with van der Waals surface area (Å²) >= 11 is 3.34. The quantitative estimate of drug-likeness (QED) is 0.519. The van der Waals surface area contributed by atoms with Gasteiger partial charge < -0.3 is 10.3 Å². The lowest BCUT2D eigenvalue weighted by atomic mass is 10.2. The number of benzene rings is 1. The van der Waals surface area contributed by atoms with Crippen molar-refractivity contribution in [2.45, 2.75) is 13.5 Å². The number of hydrogen-bond acceptors (Lipinski definition) is 5. The third kappa shape index (κ3) is 5.17. The first-order valence-corrected chi connectivity index (χ1v) is 10.9. The van der Waals surface area contributed by atoms with Gasteiger partial charge >= 0.3 is 0 Å². The molecule has 0 aliphatic carbocycles. The van der Waals surface area contributed by atoms with Crippen LogP contribution in [0.2, 0.25) is 0 Å². The zero-order valence-corrected chi connectivity index (χ0v) is 17.6. The lowest BCUT2D eigenvalue weighted by Crippen LogP contribution is -2.23. The van der Waals surface area contributed by atoms with Crippen molar-refractivity contribution in [2.24, 2.45) is 0 Å². The molecule has 10 heteroatoms. The Kier molecular flexibility index (Phi) is 5.80. The maximum absolute atomic E-state index is 12.4. The van der Waals surface area contributed by atoms with Crippen molar-refractivity contribution in [1.82, 2.24) is 20.3 Å². The number of rotatable bonds is 6. The summed E-state index contributed by atoms with van der Waals surface area (Å²) in [5.74, 6) is 0.190. The van der Waals surface area contributed by atoms with E-state index in [1.54, 1.807) is 24.4 Å². The molecule has 0 saturated heterocycles. The molecule has 3 rings (SSSR count). The third-order valence-corrected chi connectivity index (χ3v) is 4.83. The highest BCUT2D eigenvalue weighted by molar-refractivity contribution is 9.10. The standard InChI is InChI=1S/C18H18BrN5O3S/c1-11-4-3-5-20-16(11)17-21-10-15(23-17)18(25)22-9-12-6-13(19)8-14(7-12)24-28(2,26)27/h3-8,10,24H,9H2,1-2H3,(H,21,23)(H,22,25). The van der Waals surface area contributed by atoms with Crippen molar-refractivity contribution in [1.29, 1.82) is 0 Å². The Morgan fingerprint density at radius 1 is 1.25 bits per heavy atom. The molecule has 8 nitrogen and oxygen atoms in total. The number of aromatic nitrogens is 3. The summed E-state index contributed by atoms with van der Waals surface area (Å²) < 4.78 is 25.9. The van der Waals surface area contributed by atoms with Crippen LogP contribution in [0.15, 0.2) is 47.2 Å². The minimum Gasteiger partial charge on any atom is -0.347 e. The molecule has 28 heavy (non-hydrogen) atoms. The summed E-state index contributed by atoms with van der Waals surface area (Å²) in [6.07, 6.45) is 4.20. The molecule has 3 aromatic rings. The number of imidazole rings is 1. The number of amides is 1. The van der Waals surface area contributed by atoms with Crippen molar-refractivity contribution < 1.29 is 13.2 Å². The fourth-order valence-corrected chi connectivity index (χ4v) is 3.68. The molecule has 0 aliphatic heterocycles. The molecule has 2 heterocycles. The molecule has 146 valence electrons. The molecule has 0 radical (unpaired) electrons. The average molecular weight is 464 g/mol. The monoisotopic (exact) mass is 463 g/mol. The van der Waals surface area contributed by atoms with E-state index in [1.165, 1.54) is 6.20 Å². The first-order chi connectivity index (χ1) is 13.2. The second kappa shape index (κ2) is 8.11. The van der Waals surface area contributed by atoms with Crippen molar-refractivity contribution in [3.05, 3.63) is 64.0 Å². The van der Waals surface area contributed by atoms with Crippen LogP contribution in [0.4, 0.5) is 5.69 Å². The number of carbonyl (C=O) groups is 1. The molecule has 1 amide bonds. The van der Waals surface area contributed by atoms with Gasteiger partial charge in [0, 0.05) is 22.9 Å². The Bertz CT molecular complexity index is 1130. The lowest BCUT2D eigenvalue weighted by molar-refractivity contribution is 0.0946. The molecule has 0 unspecified atom stereocenters. The second-order valence-corrected chi connectivity index (χ2v) is 8.88. The van der Waals surface area contributed by atoms with E-state index in [0.717, 1.165) is 17.4 Å². The van der Waals surface area contributed by atoms with Gasteiger partial charge in [0.1, 0.15) is 11.4 Å². The number of H-pyrrole nitrogens is 1. The highest BCUT2D eigenvalue weighted by Crippen LogP contribution is 2.21. The van der Waals surface area contributed by atoms with E-state index < -0.39 is 10.0 Å². The minimum atomic E-state index is -3.39. The van der Waals surface area contributed by atoms with Gasteiger partial charge in [0.2, 0.25) is 10.0 Å². The SMILES string of the molecule is Cc1cccnc1-c1ncc(C(=O)NCc2cc(Br)cc(NS(C)(=O)=O)c2)[nH]1. The van der Waals surface area contributed by atoms with Gasteiger partial charge in [-0.3, -0.25) is 14.5 Å². The van der Waals surface area contributed by atoms with Crippen LogP contribution in [0, 0.1) is 6.92 Å². The van der Waals surface area contributed by atoms with Gasteiger partial charge in [-0.05, 0) is 42.3 Å². The maximum atomic E-state index is 12.4. The highest BCUT2D eigenvalue weighted by atomic mass is 79.9. The van der Waals surface area contributed by atoms with Gasteiger partial charge in [0.05, 0.1) is 12.5 Å². The Hall–Kier alpha value is -2.72. The van der Waals surface area contributed by atoms with Crippen LogP contribution in [-0.4, -0.2) is 35.5 Å². The Labute approximate surface area is 171 Å². The van der Waals surface area contributed by atoms with Gasteiger partial charge in [0.25, 0.3) is 5.91 Å². The van der Waals surface area contributed by atoms with Crippen LogP contribution in [0.1, 0.15) is 21.6 Å². The van der Waals surface area contributed by atoms with Crippen molar-refractivity contribution >= 4 is 37.5 Å². The summed E-state index contributed by atoms with van der Waals surface area (Å²) in [5.41, 5.74) is 3.09. The zero-order valence-electron chi connectivity index (χ0n) is 15.2. The predicted octanol–water partition coefficient (Wildman–Crippen LogP) is 2.84. The Balaban J connectivity index is 1.70. The van der Waals surface area contributed by atoms with E-state index in [9.17, 15) is 13.2 Å². The van der Waals surface area contributed by atoms with E-state index in [2.05, 4.69) is 40.9 Å². The van der Waals surface area contributed by atoms with E-state index in [-0.39, 0.29) is 12.5 Å². The van der Waals surface area contributed by atoms with Crippen LogP contribution < -0.4 is 10.0 Å². The number of aryl methyl sites for hydroxylation is 1. The number of hydrogen-bond donors (Lipinski definition) is 3. The fraction of sp³-hybridized carbons (Fsp3) is 0.167. The number of anilines is 1. The smallest absolute Gasteiger partial charge is 0.269 e. The molecule has 0 spiro atoms. The van der Waals surface area contributed by atoms with Crippen molar-refractivity contribution in [3.8, 4) is 11.5 Å². The number of nitrogens with one attached hydrogen (secondary N) is 3. The van der Waals surface area contributed by atoms with Crippen LogP contribution in [0.5, 0.6) is 0 Å². The molecule has 0 aliphatic rings. The van der Waals surface area contributed by atoms with Crippen molar-refractivity contribution in [3.63, 3.8) is 0 Å². The number of sulfonamides is 1. The number of nitrogens with zero attached hydrogens (tertiary/aromatic N) is 2. The van der Waals surface area contributed by atoms with E-state index in [1.807, 2.05) is 19.1 Å². The van der Waals surface area contributed by atoms with Crippen LogP contribution in [0.3, 0.4) is 0 Å². The highest BCUT2D eigenvalue weighted by Gasteiger charge is 2.13. The summed E-state index contributed by atoms with van der Waals surface area (Å²) in [6.45, 7) is 2.13. The van der Waals surface area contributed by atoms with Crippen LogP contribution in [-0.2, 0) is 16.6 Å².